The monoisotopic (exact) mass is 302 g/mol. The summed E-state index contributed by atoms with van der Waals surface area (Å²) in [6.45, 7) is 2.25. The van der Waals surface area contributed by atoms with E-state index in [1.165, 1.54) is 12.1 Å². The van der Waals surface area contributed by atoms with Crippen molar-refractivity contribution in [2.24, 2.45) is 0 Å². The number of hydrogen-bond donors (Lipinski definition) is 2. The number of benzene rings is 2. The Morgan fingerprint density at radius 1 is 1.23 bits per heavy atom. The van der Waals surface area contributed by atoms with Crippen molar-refractivity contribution < 1.29 is 13.9 Å². The fourth-order valence-electron chi connectivity index (χ4n) is 2.05. The Labute approximate surface area is 129 Å². The first-order chi connectivity index (χ1) is 10.6. The van der Waals surface area contributed by atoms with Crippen molar-refractivity contribution >= 4 is 6.03 Å². The molecular formula is C17H19FN2O2. The summed E-state index contributed by atoms with van der Waals surface area (Å²) in [4.78, 5) is 11.9. The van der Waals surface area contributed by atoms with Crippen LogP contribution in [0.4, 0.5) is 9.18 Å². The van der Waals surface area contributed by atoms with E-state index in [1.54, 1.807) is 19.2 Å². The number of carbonyl (C=O) groups excluding carboxylic acids is 1. The van der Waals surface area contributed by atoms with E-state index in [4.69, 9.17) is 4.74 Å². The number of carbonyl (C=O) groups is 1. The van der Waals surface area contributed by atoms with E-state index in [-0.39, 0.29) is 17.9 Å². The molecule has 1 unspecified atom stereocenters. The Hall–Kier alpha value is -2.56. The number of rotatable bonds is 5. The molecule has 0 spiro atoms. The Morgan fingerprint density at radius 3 is 2.64 bits per heavy atom. The average Bonchev–Trinajstić information content (AvgIpc) is 2.53. The molecule has 2 rings (SSSR count). The molecule has 0 bridgehead atoms. The molecule has 4 nitrogen and oxygen atoms in total. The minimum Gasteiger partial charge on any atom is -0.497 e. The molecule has 1 atom stereocenters. The van der Waals surface area contributed by atoms with Crippen LogP contribution in [-0.4, -0.2) is 13.1 Å². The Kier molecular flexibility index (Phi) is 5.36. The highest BCUT2D eigenvalue weighted by Crippen LogP contribution is 2.13. The van der Waals surface area contributed by atoms with Crippen LogP contribution in [0.3, 0.4) is 0 Å². The first-order valence-corrected chi connectivity index (χ1v) is 7.01. The van der Waals surface area contributed by atoms with Crippen molar-refractivity contribution in [2.75, 3.05) is 7.11 Å². The van der Waals surface area contributed by atoms with Gasteiger partial charge in [0.05, 0.1) is 13.2 Å². The molecule has 0 fully saturated rings. The van der Waals surface area contributed by atoms with Gasteiger partial charge in [0.15, 0.2) is 0 Å². The summed E-state index contributed by atoms with van der Waals surface area (Å²) < 4.78 is 18.0. The third-order valence-corrected chi connectivity index (χ3v) is 3.30. The lowest BCUT2D eigenvalue weighted by atomic mass is 10.1. The number of amides is 2. The van der Waals surface area contributed by atoms with Crippen LogP contribution in [0, 0.1) is 5.82 Å². The van der Waals surface area contributed by atoms with Gasteiger partial charge in [0.25, 0.3) is 0 Å². The third-order valence-electron chi connectivity index (χ3n) is 3.30. The van der Waals surface area contributed by atoms with Crippen LogP contribution in [0.1, 0.15) is 24.1 Å². The second-order valence-corrected chi connectivity index (χ2v) is 4.95. The van der Waals surface area contributed by atoms with Gasteiger partial charge in [0, 0.05) is 6.54 Å². The molecule has 2 aromatic carbocycles. The topological polar surface area (TPSA) is 50.4 Å². The number of urea groups is 1. The predicted molar refractivity (Wildman–Crippen MR) is 83.2 cm³/mol. The highest BCUT2D eigenvalue weighted by atomic mass is 19.1. The van der Waals surface area contributed by atoms with Crippen molar-refractivity contribution in [1.29, 1.82) is 0 Å². The van der Waals surface area contributed by atoms with E-state index in [0.29, 0.717) is 6.54 Å². The van der Waals surface area contributed by atoms with Crippen LogP contribution in [0.25, 0.3) is 0 Å². The van der Waals surface area contributed by atoms with Crippen molar-refractivity contribution in [1.82, 2.24) is 10.6 Å². The number of halogens is 1. The SMILES string of the molecule is COc1cccc(CNC(=O)NC(C)c2ccc(F)cc2)c1. The normalized spacial score (nSPS) is 11.6. The van der Waals surface area contributed by atoms with Crippen LogP contribution in [0.5, 0.6) is 5.75 Å². The predicted octanol–water partition coefficient (Wildman–Crippen LogP) is 3.39. The summed E-state index contributed by atoms with van der Waals surface area (Å²) in [5.74, 6) is 0.456. The van der Waals surface area contributed by atoms with E-state index in [1.807, 2.05) is 31.2 Å². The molecule has 0 heterocycles. The maximum atomic E-state index is 12.9. The van der Waals surface area contributed by atoms with Gasteiger partial charge in [0.1, 0.15) is 11.6 Å². The lowest BCUT2D eigenvalue weighted by Gasteiger charge is -2.15. The second-order valence-electron chi connectivity index (χ2n) is 4.95. The molecule has 2 aromatic rings. The van der Waals surface area contributed by atoms with E-state index in [2.05, 4.69) is 10.6 Å². The highest BCUT2D eigenvalue weighted by molar-refractivity contribution is 5.74. The summed E-state index contributed by atoms with van der Waals surface area (Å²) in [6.07, 6.45) is 0. The zero-order chi connectivity index (χ0) is 15.9. The van der Waals surface area contributed by atoms with Crippen molar-refractivity contribution in [3.8, 4) is 5.75 Å². The largest absolute Gasteiger partial charge is 0.497 e. The Bertz CT molecular complexity index is 629. The number of nitrogens with one attached hydrogen (secondary N) is 2. The van der Waals surface area contributed by atoms with Crippen molar-refractivity contribution in [3.63, 3.8) is 0 Å². The van der Waals surface area contributed by atoms with Gasteiger partial charge in [0.2, 0.25) is 0 Å². The molecule has 0 aromatic heterocycles. The van der Waals surface area contributed by atoms with Gasteiger partial charge in [-0.1, -0.05) is 24.3 Å². The lowest BCUT2D eigenvalue weighted by Crippen LogP contribution is -2.36. The first kappa shape index (κ1) is 15.8. The number of ether oxygens (including phenoxy) is 1. The molecule has 116 valence electrons. The lowest BCUT2D eigenvalue weighted by molar-refractivity contribution is 0.237. The molecule has 0 aliphatic heterocycles. The van der Waals surface area contributed by atoms with E-state index in [0.717, 1.165) is 16.9 Å². The fraction of sp³-hybridized carbons (Fsp3) is 0.235. The van der Waals surface area contributed by atoms with E-state index in [9.17, 15) is 9.18 Å². The second kappa shape index (κ2) is 7.45. The number of methoxy groups -OCH3 is 1. The van der Waals surface area contributed by atoms with Gasteiger partial charge in [-0.05, 0) is 42.3 Å². The Balaban J connectivity index is 1.85. The quantitative estimate of drug-likeness (QED) is 0.889. The zero-order valence-electron chi connectivity index (χ0n) is 12.6. The van der Waals surface area contributed by atoms with Crippen LogP contribution in [0.15, 0.2) is 48.5 Å². The van der Waals surface area contributed by atoms with Gasteiger partial charge in [-0.25, -0.2) is 9.18 Å². The van der Waals surface area contributed by atoms with Crippen molar-refractivity contribution in [3.05, 3.63) is 65.5 Å². The summed E-state index contributed by atoms with van der Waals surface area (Å²) >= 11 is 0. The van der Waals surface area contributed by atoms with E-state index < -0.39 is 0 Å². The summed E-state index contributed by atoms with van der Waals surface area (Å²) in [5, 5.41) is 5.59. The molecule has 2 amide bonds. The molecule has 22 heavy (non-hydrogen) atoms. The van der Waals surface area contributed by atoms with Gasteiger partial charge >= 0.3 is 6.03 Å². The molecule has 0 aliphatic rings. The molecule has 0 aliphatic carbocycles. The van der Waals surface area contributed by atoms with Crippen LogP contribution in [-0.2, 0) is 6.54 Å². The molecule has 0 saturated carbocycles. The maximum absolute atomic E-state index is 12.9. The maximum Gasteiger partial charge on any atom is 0.315 e. The fourth-order valence-corrected chi connectivity index (χ4v) is 2.05. The third kappa shape index (κ3) is 4.48. The van der Waals surface area contributed by atoms with Crippen LogP contribution >= 0.6 is 0 Å². The smallest absolute Gasteiger partial charge is 0.315 e. The number of hydrogen-bond acceptors (Lipinski definition) is 2. The highest BCUT2D eigenvalue weighted by Gasteiger charge is 2.09. The van der Waals surface area contributed by atoms with Gasteiger partial charge in [-0.2, -0.15) is 0 Å². The average molecular weight is 302 g/mol. The first-order valence-electron chi connectivity index (χ1n) is 7.01. The van der Waals surface area contributed by atoms with Gasteiger partial charge in [-0.15, -0.1) is 0 Å². The van der Waals surface area contributed by atoms with Gasteiger partial charge < -0.3 is 15.4 Å². The minimum absolute atomic E-state index is 0.203. The molecule has 0 saturated heterocycles. The molecule has 5 heteroatoms. The molecule has 0 radical (unpaired) electrons. The summed E-state index contributed by atoms with van der Waals surface area (Å²) in [6, 6.07) is 13.1. The van der Waals surface area contributed by atoms with Crippen LogP contribution < -0.4 is 15.4 Å². The van der Waals surface area contributed by atoms with Crippen molar-refractivity contribution in [2.45, 2.75) is 19.5 Å². The van der Waals surface area contributed by atoms with Crippen LogP contribution in [0.2, 0.25) is 0 Å². The Morgan fingerprint density at radius 2 is 1.95 bits per heavy atom. The molecular weight excluding hydrogens is 283 g/mol. The summed E-state index contributed by atoms with van der Waals surface area (Å²) in [7, 11) is 1.60. The standard InChI is InChI=1S/C17H19FN2O2/c1-12(14-6-8-15(18)9-7-14)20-17(21)19-11-13-4-3-5-16(10-13)22-2/h3-10,12H,11H2,1-2H3,(H2,19,20,21). The summed E-state index contributed by atoms with van der Waals surface area (Å²) in [5.41, 5.74) is 1.79. The van der Waals surface area contributed by atoms with E-state index >= 15 is 0 Å². The molecule has 2 N–H and O–H groups in total. The van der Waals surface area contributed by atoms with Gasteiger partial charge in [-0.3, -0.25) is 0 Å². The minimum atomic E-state index is -0.293. The zero-order valence-corrected chi connectivity index (χ0v) is 12.6.